The Morgan fingerprint density at radius 3 is 2.67 bits per heavy atom. The van der Waals surface area contributed by atoms with E-state index in [0.717, 1.165) is 22.3 Å². The summed E-state index contributed by atoms with van der Waals surface area (Å²) < 4.78 is 20.8. The largest absolute Gasteiger partial charge is 0.457 e. The average molecular weight is 415 g/mol. The molecule has 0 saturated heterocycles. The molecule has 1 aliphatic carbocycles. The highest BCUT2D eigenvalue weighted by atomic mass is 79.9. The molecule has 0 unspecified atom stereocenters. The van der Waals surface area contributed by atoms with E-state index in [0.29, 0.717) is 16.3 Å². The predicted octanol–water partition coefficient (Wildman–Crippen LogP) is 5.40. The first-order chi connectivity index (χ1) is 10.1. The Bertz CT molecular complexity index is 659. The summed E-state index contributed by atoms with van der Waals surface area (Å²) in [5.74, 6) is 0.890. The first kappa shape index (κ1) is 15.0. The monoisotopic (exact) mass is 413 g/mol. The molecule has 1 fully saturated rings. The summed E-state index contributed by atoms with van der Waals surface area (Å²) in [5.41, 5.74) is 1.06. The van der Waals surface area contributed by atoms with Crippen LogP contribution in [0.4, 0.5) is 4.39 Å². The Labute approximate surface area is 140 Å². The van der Waals surface area contributed by atoms with Crippen molar-refractivity contribution < 1.29 is 9.13 Å². The van der Waals surface area contributed by atoms with Crippen molar-refractivity contribution in [2.75, 3.05) is 0 Å². The van der Waals surface area contributed by atoms with Crippen LogP contribution in [0.15, 0.2) is 45.3 Å². The van der Waals surface area contributed by atoms with E-state index in [4.69, 9.17) is 4.74 Å². The molecule has 0 spiro atoms. The highest BCUT2D eigenvalue weighted by Crippen LogP contribution is 2.31. The van der Waals surface area contributed by atoms with Crippen molar-refractivity contribution in [3.63, 3.8) is 0 Å². The van der Waals surface area contributed by atoms with Gasteiger partial charge in [0.2, 0.25) is 0 Å². The van der Waals surface area contributed by atoms with Gasteiger partial charge in [-0.1, -0.05) is 22.0 Å². The summed E-state index contributed by atoms with van der Waals surface area (Å²) >= 11 is 6.59. The van der Waals surface area contributed by atoms with Crippen LogP contribution < -0.4 is 10.1 Å². The van der Waals surface area contributed by atoms with Gasteiger partial charge in [0.1, 0.15) is 17.3 Å². The van der Waals surface area contributed by atoms with Gasteiger partial charge in [-0.15, -0.1) is 0 Å². The van der Waals surface area contributed by atoms with Crippen LogP contribution in [-0.4, -0.2) is 6.04 Å². The lowest BCUT2D eigenvalue weighted by Crippen LogP contribution is -2.15. The number of nitrogens with one attached hydrogen (secondary N) is 1. The molecule has 21 heavy (non-hydrogen) atoms. The average Bonchev–Trinajstić information content (AvgIpc) is 3.26. The molecule has 3 rings (SSSR count). The van der Waals surface area contributed by atoms with Gasteiger partial charge >= 0.3 is 0 Å². The van der Waals surface area contributed by atoms with E-state index in [1.807, 2.05) is 18.2 Å². The van der Waals surface area contributed by atoms with Gasteiger partial charge < -0.3 is 10.1 Å². The predicted molar refractivity (Wildman–Crippen MR) is 88.2 cm³/mol. The van der Waals surface area contributed by atoms with Gasteiger partial charge in [0.15, 0.2) is 0 Å². The number of hydrogen-bond acceptors (Lipinski definition) is 2. The molecule has 0 amide bonds. The minimum Gasteiger partial charge on any atom is -0.457 e. The van der Waals surface area contributed by atoms with Crippen molar-refractivity contribution in [3.8, 4) is 11.5 Å². The summed E-state index contributed by atoms with van der Waals surface area (Å²) in [6.07, 6.45) is 2.48. The fourth-order valence-electron chi connectivity index (χ4n) is 1.98. The molecule has 0 heterocycles. The molecule has 0 atom stereocenters. The maximum atomic E-state index is 13.6. The van der Waals surface area contributed by atoms with Gasteiger partial charge in [0, 0.05) is 28.7 Å². The fourth-order valence-corrected chi connectivity index (χ4v) is 2.57. The van der Waals surface area contributed by atoms with Gasteiger partial charge in [-0.25, -0.2) is 4.39 Å². The molecule has 0 aromatic heterocycles. The quantitative estimate of drug-likeness (QED) is 0.707. The van der Waals surface area contributed by atoms with Crippen LogP contribution >= 0.6 is 31.9 Å². The SMILES string of the molecule is Fc1cc(Oc2cc(Br)ccc2CNC2CC2)ccc1Br. The van der Waals surface area contributed by atoms with E-state index in [-0.39, 0.29) is 5.82 Å². The molecule has 1 saturated carbocycles. The van der Waals surface area contributed by atoms with Crippen LogP contribution in [0, 0.1) is 5.82 Å². The normalized spacial score (nSPS) is 14.2. The summed E-state index contributed by atoms with van der Waals surface area (Å²) in [6, 6.07) is 11.3. The topological polar surface area (TPSA) is 21.3 Å². The molecule has 5 heteroatoms. The Morgan fingerprint density at radius 2 is 1.95 bits per heavy atom. The third-order valence-electron chi connectivity index (χ3n) is 3.31. The van der Waals surface area contributed by atoms with Crippen molar-refractivity contribution in [2.24, 2.45) is 0 Å². The van der Waals surface area contributed by atoms with Gasteiger partial charge in [-0.3, -0.25) is 0 Å². The van der Waals surface area contributed by atoms with Crippen molar-refractivity contribution >= 4 is 31.9 Å². The second-order valence-electron chi connectivity index (χ2n) is 5.09. The van der Waals surface area contributed by atoms with Crippen LogP contribution in [0.25, 0.3) is 0 Å². The number of benzene rings is 2. The minimum absolute atomic E-state index is 0.333. The van der Waals surface area contributed by atoms with Crippen LogP contribution in [0.3, 0.4) is 0 Å². The van der Waals surface area contributed by atoms with E-state index in [2.05, 4.69) is 37.2 Å². The van der Waals surface area contributed by atoms with E-state index in [1.54, 1.807) is 12.1 Å². The number of halogens is 3. The summed E-state index contributed by atoms with van der Waals surface area (Å²) in [4.78, 5) is 0. The second kappa shape index (κ2) is 6.46. The van der Waals surface area contributed by atoms with Crippen LogP contribution in [-0.2, 0) is 6.54 Å². The summed E-state index contributed by atoms with van der Waals surface area (Å²) in [7, 11) is 0. The molecule has 2 aromatic carbocycles. The Balaban J connectivity index is 1.81. The molecule has 0 bridgehead atoms. The number of rotatable bonds is 5. The Kier molecular flexibility index (Phi) is 4.62. The van der Waals surface area contributed by atoms with Gasteiger partial charge in [-0.2, -0.15) is 0 Å². The second-order valence-corrected chi connectivity index (χ2v) is 6.86. The van der Waals surface area contributed by atoms with Crippen molar-refractivity contribution in [2.45, 2.75) is 25.4 Å². The summed E-state index contributed by atoms with van der Waals surface area (Å²) in [5, 5.41) is 3.46. The Hall–Kier alpha value is -0.910. The van der Waals surface area contributed by atoms with Crippen molar-refractivity contribution in [1.29, 1.82) is 0 Å². The third kappa shape index (κ3) is 4.05. The maximum Gasteiger partial charge on any atom is 0.141 e. The van der Waals surface area contributed by atoms with E-state index >= 15 is 0 Å². The van der Waals surface area contributed by atoms with Crippen LogP contribution in [0.2, 0.25) is 0 Å². The standard InChI is InChI=1S/C16H14Br2FNO/c17-11-2-1-10(9-20-12-3-4-12)16(7-11)21-13-5-6-14(18)15(19)8-13/h1-2,5-8,12,20H,3-4,9H2. The molecule has 0 radical (unpaired) electrons. The number of ether oxygens (including phenoxy) is 1. The molecule has 0 aliphatic heterocycles. The van der Waals surface area contributed by atoms with E-state index < -0.39 is 0 Å². The maximum absolute atomic E-state index is 13.6. The van der Waals surface area contributed by atoms with Gasteiger partial charge in [-0.05, 0) is 53.0 Å². The number of hydrogen-bond donors (Lipinski definition) is 1. The molecule has 2 nitrogen and oxygen atoms in total. The lowest BCUT2D eigenvalue weighted by molar-refractivity contribution is 0.466. The van der Waals surface area contributed by atoms with Crippen molar-refractivity contribution in [1.82, 2.24) is 5.32 Å². The van der Waals surface area contributed by atoms with Crippen molar-refractivity contribution in [3.05, 3.63) is 56.7 Å². The lowest BCUT2D eigenvalue weighted by atomic mass is 10.2. The molecule has 1 N–H and O–H groups in total. The molecular weight excluding hydrogens is 401 g/mol. The zero-order chi connectivity index (χ0) is 14.8. The smallest absolute Gasteiger partial charge is 0.141 e. The van der Waals surface area contributed by atoms with Crippen LogP contribution in [0.5, 0.6) is 11.5 Å². The lowest BCUT2D eigenvalue weighted by Gasteiger charge is -2.13. The molecule has 110 valence electrons. The van der Waals surface area contributed by atoms with E-state index in [9.17, 15) is 4.39 Å². The summed E-state index contributed by atoms with van der Waals surface area (Å²) in [6.45, 7) is 0.756. The highest BCUT2D eigenvalue weighted by molar-refractivity contribution is 9.10. The molecule has 1 aliphatic rings. The Morgan fingerprint density at radius 1 is 1.14 bits per heavy atom. The molecular formula is C16H14Br2FNO. The van der Waals surface area contributed by atoms with Crippen LogP contribution in [0.1, 0.15) is 18.4 Å². The third-order valence-corrected chi connectivity index (χ3v) is 4.44. The first-order valence-corrected chi connectivity index (χ1v) is 8.35. The zero-order valence-electron chi connectivity index (χ0n) is 11.2. The first-order valence-electron chi connectivity index (χ1n) is 6.76. The van der Waals surface area contributed by atoms with Gasteiger partial charge in [0.25, 0.3) is 0 Å². The highest BCUT2D eigenvalue weighted by Gasteiger charge is 2.20. The van der Waals surface area contributed by atoms with E-state index in [1.165, 1.54) is 18.9 Å². The molecule has 2 aromatic rings. The fraction of sp³-hybridized carbons (Fsp3) is 0.250. The van der Waals surface area contributed by atoms with Gasteiger partial charge in [0.05, 0.1) is 4.47 Å². The zero-order valence-corrected chi connectivity index (χ0v) is 14.4. The minimum atomic E-state index is -0.333.